The summed E-state index contributed by atoms with van der Waals surface area (Å²) in [4.78, 5) is 0. The Hall–Kier alpha value is -1.02. The van der Waals surface area contributed by atoms with E-state index in [1.54, 1.807) is 0 Å². The lowest BCUT2D eigenvalue weighted by atomic mass is 10.2. The van der Waals surface area contributed by atoms with Gasteiger partial charge >= 0.3 is 0 Å². The zero-order chi connectivity index (χ0) is 12.3. The lowest BCUT2D eigenvalue weighted by Crippen LogP contribution is -2.17. The van der Waals surface area contributed by atoms with Gasteiger partial charge in [-0.1, -0.05) is 31.5 Å². The van der Waals surface area contributed by atoms with Gasteiger partial charge in [-0.3, -0.25) is 0 Å². The number of para-hydroxylation sites is 1. The first-order valence-corrected chi connectivity index (χ1v) is 6.73. The van der Waals surface area contributed by atoms with Crippen LogP contribution in [-0.4, -0.2) is 19.7 Å². The summed E-state index contributed by atoms with van der Waals surface area (Å²) in [6, 6.07) is 8.19. The lowest BCUT2D eigenvalue weighted by molar-refractivity contribution is 0.304. The van der Waals surface area contributed by atoms with Gasteiger partial charge in [0.1, 0.15) is 5.75 Å². The molecule has 0 unspecified atom stereocenters. The van der Waals surface area contributed by atoms with Crippen LogP contribution in [0.5, 0.6) is 5.75 Å². The molecule has 0 amide bonds. The monoisotopic (exact) mass is 235 g/mol. The van der Waals surface area contributed by atoms with E-state index in [1.165, 1.54) is 24.8 Å². The van der Waals surface area contributed by atoms with Crippen molar-refractivity contribution in [2.24, 2.45) is 0 Å². The van der Waals surface area contributed by atoms with Crippen molar-refractivity contribution in [1.82, 2.24) is 5.32 Å². The van der Waals surface area contributed by atoms with E-state index in [1.807, 2.05) is 18.2 Å². The van der Waals surface area contributed by atoms with Crippen LogP contribution < -0.4 is 10.1 Å². The molecule has 96 valence electrons. The zero-order valence-electron chi connectivity index (χ0n) is 11.2. The van der Waals surface area contributed by atoms with Crippen molar-refractivity contribution in [3.05, 3.63) is 29.8 Å². The van der Waals surface area contributed by atoms with Crippen molar-refractivity contribution in [1.29, 1.82) is 0 Å². The number of ether oxygens (including phenoxy) is 1. The standard InChI is InChI=1S/C15H25NO/c1-3-4-11-16-12-7-8-13-17-15-10-6-5-9-14(15)2/h5-6,9-10,16H,3-4,7-8,11-13H2,1-2H3. The van der Waals surface area contributed by atoms with Crippen LogP contribution in [0.4, 0.5) is 0 Å². The number of unbranched alkanes of at least 4 members (excludes halogenated alkanes) is 2. The molecule has 0 saturated carbocycles. The van der Waals surface area contributed by atoms with E-state index in [4.69, 9.17) is 4.74 Å². The molecule has 2 heteroatoms. The molecule has 17 heavy (non-hydrogen) atoms. The Morgan fingerprint density at radius 3 is 2.59 bits per heavy atom. The molecule has 0 radical (unpaired) electrons. The molecule has 0 heterocycles. The van der Waals surface area contributed by atoms with Crippen LogP contribution in [0.1, 0.15) is 38.2 Å². The van der Waals surface area contributed by atoms with Gasteiger partial charge in [0, 0.05) is 0 Å². The van der Waals surface area contributed by atoms with Crippen molar-refractivity contribution >= 4 is 0 Å². The molecule has 0 bridgehead atoms. The summed E-state index contributed by atoms with van der Waals surface area (Å²) < 4.78 is 5.74. The molecule has 1 rings (SSSR count). The summed E-state index contributed by atoms with van der Waals surface area (Å²) in [6.07, 6.45) is 4.85. The molecule has 0 atom stereocenters. The molecule has 1 N–H and O–H groups in total. The Bertz CT molecular complexity index is 299. The predicted molar refractivity (Wildman–Crippen MR) is 73.7 cm³/mol. The Labute approximate surface area is 105 Å². The molecular formula is C15H25NO. The van der Waals surface area contributed by atoms with Crippen LogP contribution in [0, 0.1) is 6.92 Å². The molecule has 0 aliphatic carbocycles. The van der Waals surface area contributed by atoms with Gasteiger partial charge in [-0.2, -0.15) is 0 Å². The smallest absolute Gasteiger partial charge is 0.122 e. The third-order valence-electron chi connectivity index (χ3n) is 2.81. The van der Waals surface area contributed by atoms with Crippen LogP contribution in [0.2, 0.25) is 0 Å². The van der Waals surface area contributed by atoms with Gasteiger partial charge in [0.25, 0.3) is 0 Å². The molecule has 0 aromatic heterocycles. The van der Waals surface area contributed by atoms with Crippen LogP contribution in [0.25, 0.3) is 0 Å². The van der Waals surface area contributed by atoms with Gasteiger partial charge < -0.3 is 10.1 Å². The molecule has 0 fully saturated rings. The molecule has 0 aliphatic heterocycles. The predicted octanol–water partition coefficient (Wildman–Crippen LogP) is 3.54. The van der Waals surface area contributed by atoms with Gasteiger partial charge in [0.2, 0.25) is 0 Å². The highest BCUT2D eigenvalue weighted by Gasteiger charge is 1.96. The van der Waals surface area contributed by atoms with Crippen molar-refractivity contribution < 1.29 is 4.74 Å². The fourth-order valence-electron chi connectivity index (χ4n) is 1.68. The number of aryl methyl sites for hydroxylation is 1. The van der Waals surface area contributed by atoms with Crippen molar-refractivity contribution in [2.45, 2.75) is 39.5 Å². The van der Waals surface area contributed by atoms with Crippen LogP contribution in [0.15, 0.2) is 24.3 Å². The fraction of sp³-hybridized carbons (Fsp3) is 0.600. The summed E-state index contributed by atoms with van der Waals surface area (Å²) in [7, 11) is 0. The van der Waals surface area contributed by atoms with Crippen LogP contribution >= 0.6 is 0 Å². The summed E-state index contributed by atoms with van der Waals surface area (Å²) in [5.74, 6) is 1.02. The quantitative estimate of drug-likeness (QED) is 0.661. The minimum Gasteiger partial charge on any atom is -0.493 e. The summed E-state index contributed by atoms with van der Waals surface area (Å²) in [5.41, 5.74) is 1.22. The number of hydrogen-bond donors (Lipinski definition) is 1. The minimum atomic E-state index is 0.820. The molecule has 0 saturated heterocycles. The van der Waals surface area contributed by atoms with E-state index in [9.17, 15) is 0 Å². The first kappa shape index (κ1) is 14.0. The summed E-state index contributed by atoms with van der Waals surface area (Å²) in [5, 5.41) is 3.44. The molecule has 0 spiro atoms. The number of nitrogens with one attached hydrogen (secondary N) is 1. The van der Waals surface area contributed by atoms with E-state index < -0.39 is 0 Å². The molecule has 1 aromatic rings. The zero-order valence-corrected chi connectivity index (χ0v) is 11.2. The van der Waals surface area contributed by atoms with Gasteiger partial charge in [0.15, 0.2) is 0 Å². The lowest BCUT2D eigenvalue weighted by Gasteiger charge is -2.08. The third kappa shape index (κ3) is 6.32. The SMILES string of the molecule is CCCCNCCCCOc1ccccc1C. The second kappa shape index (κ2) is 9.06. The Morgan fingerprint density at radius 1 is 1.06 bits per heavy atom. The topological polar surface area (TPSA) is 21.3 Å². The highest BCUT2D eigenvalue weighted by atomic mass is 16.5. The van der Waals surface area contributed by atoms with E-state index in [2.05, 4.69) is 25.2 Å². The minimum absolute atomic E-state index is 0.820. The average Bonchev–Trinajstić information content (AvgIpc) is 2.35. The molecule has 0 aliphatic rings. The summed E-state index contributed by atoms with van der Waals surface area (Å²) >= 11 is 0. The highest BCUT2D eigenvalue weighted by Crippen LogP contribution is 2.16. The number of rotatable bonds is 9. The van der Waals surface area contributed by atoms with E-state index in [0.717, 1.165) is 31.9 Å². The largest absolute Gasteiger partial charge is 0.493 e. The van der Waals surface area contributed by atoms with Crippen molar-refractivity contribution in [3.63, 3.8) is 0 Å². The van der Waals surface area contributed by atoms with E-state index in [-0.39, 0.29) is 0 Å². The molecule has 1 aromatic carbocycles. The Morgan fingerprint density at radius 2 is 1.82 bits per heavy atom. The molecule has 2 nitrogen and oxygen atoms in total. The van der Waals surface area contributed by atoms with Crippen LogP contribution in [-0.2, 0) is 0 Å². The maximum Gasteiger partial charge on any atom is 0.122 e. The van der Waals surface area contributed by atoms with Crippen molar-refractivity contribution in [2.75, 3.05) is 19.7 Å². The average molecular weight is 235 g/mol. The molecular weight excluding hydrogens is 210 g/mol. The number of hydrogen-bond acceptors (Lipinski definition) is 2. The van der Waals surface area contributed by atoms with Gasteiger partial charge in [0.05, 0.1) is 6.61 Å². The second-order valence-electron chi connectivity index (χ2n) is 4.42. The van der Waals surface area contributed by atoms with Gasteiger partial charge in [-0.25, -0.2) is 0 Å². The first-order chi connectivity index (χ1) is 8.34. The van der Waals surface area contributed by atoms with E-state index >= 15 is 0 Å². The van der Waals surface area contributed by atoms with Gasteiger partial charge in [-0.05, 0) is 50.9 Å². The third-order valence-corrected chi connectivity index (χ3v) is 2.81. The maximum atomic E-state index is 5.74. The second-order valence-corrected chi connectivity index (χ2v) is 4.42. The first-order valence-electron chi connectivity index (χ1n) is 6.73. The summed E-state index contributed by atoms with van der Waals surface area (Å²) in [6.45, 7) is 7.38. The van der Waals surface area contributed by atoms with Gasteiger partial charge in [-0.15, -0.1) is 0 Å². The Kier molecular flexibility index (Phi) is 7.48. The van der Waals surface area contributed by atoms with Crippen molar-refractivity contribution in [3.8, 4) is 5.75 Å². The van der Waals surface area contributed by atoms with Crippen LogP contribution in [0.3, 0.4) is 0 Å². The number of benzene rings is 1. The fourth-order valence-corrected chi connectivity index (χ4v) is 1.68. The van der Waals surface area contributed by atoms with E-state index in [0.29, 0.717) is 0 Å². The maximum absolute atomic E-state index is 5.74. The highest BCUT2D eigenvalue weighted by molar-refractivity contribution is 5.31. The Balaban J connectivity index is 1.99. The normalized spacial score (nSPS) is 10.5.